The number of fused-ring (bicyclic) bond motifs is 2. The molecule has 0 amide bonds. The highest BCUT2D eigenvalue weighted by Gasteiger charge is 2.27. The summed E-state index contributed by atoms with van der Waals surface area (Å²) in [7, 11) is 2.25. The van der Waals surface area contributed by atoms with Crippen molar-refractivity contribution in [1.82, 2.24) is 24.8 Å². The molecular formula is C23H31N5. The number of imidazole rings is 1. The van der Waals surface area contributed by atoms with Crippen LogP contribution in [0.5, 0.6) is 0 Å². The third kappa shape index (κ3) is 3.31. The van der Waals surface area contributed by atoms with Crippen LogP contribution in [-0.4, -0.2) is 39.6 Å². The Labute approximate surface area is 167 Å². The van der Waals surface area contributed by atoms with E-state index in [1.807, 2.05) is 6.20 Å². The van der Waals surface area contributed by atoms with Crippen LogP contribution >= 0.6 is 0 Å². The third-order valence-electron chi connectivity index (χ3n) is 6.65. The number of rotatable bonds is 4. The van der Waals surface area contributed by atoms with E-state index in [1.165, 1.54) is 53.5 Å². The number of nitrogens with zero attached hydrogens (tertiary/aromatic N) is 4. The van der Waals surface area contributed by atoms with E-state index in [9.17, 15) is 0 Å². The molecule has 3 heterocycles. The molecule has 1 aliphatic heterocycles. The van der Waals surface area contributed by atoms with Crippen LogP contribution in [0.1, 0.15) is 67.7 Å². The van der Waals surface area contributed by atoms with Crippen molar-refractivity contribution in [1.29, 1.82) is 0 Å². The number of aromatic nitrogens is 3. The smallest absolute Gasteiger partial charge is 0.124 e. The molecule has 1 atom stereocenters. The Morgan fingerprint density at radius 2 is 2.04 bits per heavy atom. The molecule has 2 aromatic rings. The van der Waals surface area contributed by atoms with Crippen LogP contribution in [0.15, 0.2) is 18.3 Å². The number of aryl methyl sites for hydroxylation is 1. The molecule has 5 heteroatoms. The van der Waals surface area contributed by atoms with Crippen molar-refractivity contribution in [3.05, 3.63) is 46.1 Å². The molecule has 0 saturated carbocycles. The first-order valence-electron chi connectivity index (χ1n) is 10.9. The van der Waals surface area contributed by atoms with Crippen LogP contribution in [0, 0.1) is 0 Å². The third-order valence-corrected chi connectivity index (χ3v) is 6.65. The average molecular weight is 378 g/mol. The maximum Gasteiger partial charge on any atom is 0.124 e. The molecule has 0 bridgehead atoms. The Hall–Kier alpha value is -1.98. The molecule has 1 N–H and O–H groups in total. The second-order valence-electron chi connectivity index (χ2n) is 8.51. The fourth-order valence-corrected chi connectivity index (χ4v) is 5.24. The Bertz CT molecular complexity index is 954. The molecule has 5 rings (SSSR count). The fourth-order valence-electron chi connectivity index (χ4n) is 5.24. The maximum absolute atomic E-state index is 5.11. The van der Waals surface area contributed by atoms with Gasteiger partial charge in [-0.3, -0.25) is 9.88 Å². The first-order valence-corrected chi connectivity index (χ1v) is 10.9. The van der Waals surface area contributed by atoms with Crippen molar-refractivity contribution in [2.24, 2.45) is 0 Å². The largest absolute Gasteiger partial charge is 0.324 e. The van der Waals surface area contributed by atoms with E-state index < -0.39 is 0 Å². The lowest BCUT2D eigenvalue weighted by Crippen LogP contribution is -2.39. The molecule has 5 nitrogen and oxygen atoms in total. The monoisotopic (exact) mass is 377 g/mol. The Balaban J connectivity index is 1.48. The molecule has 1 fully saturated rings. The van der Waals surface area contributed by atoms with Gasteiger partial charge in [0, 0.05) is 12.2 Å². The quantitative estimate of drug-likeness (QED) is 0.886. The maximum atomic E-state index is 5.11. The summed E-state index contributed by atoms with van der Waals surface area (Å²) < 4.78 is 2.57. The summed E-state index contributed by atoms with van der Waals surface area (Å²) in [6.07, 6.45) is 14.9. The molecule has 1 unspecified atom stereocenters. The Kier molecular flexibility index (Phi) is 5.03. The highest BCUT2D eigenvalue weighted by atomic mass is 15.2. The Morgan fingerprint density at radius 3 is 2.93 bits per heavy atom. The van der Waals surface area contributed by atoms with Gasteiger partial charge in [0.25, 0.3) is 0 Å². The topological polar surface area (TPSA) is 46.0 Å². The zero-order valence-electron chi connectivity index (χ0n) is 16.9. The summed E-state index contributed by atoms with van der Waals surface area (Å²) in [5.74, 6) is 1.23. The van der Waals surface area contributed by atoms with Crippen molar-refractivity contribution in [3.63, 3.8) is 0 Å². The molecule has 1 saturated heterocycles. The Morgan fingerprint density at radius 1 is 1.18 bits per heavy atom. The summed E-state index contributed by atoms with van der Waals surface area (Å²) in [5.41, 5.74) is 2.70. The highest BCUT2D eigenvalue weighted by molar-refractivity contribution is 5.34. The van der Waals surface area contributed by atoms with Gasteiger partial charge >= 0.3 is 0 Å². The van der Waals surface area contributed by atoms with Crippen LogP contribution in [0.2, 0.25) is 0 Å². The molecule has 0 spiro atoms. The molecule has 2 aromatic heterocycles. The number of pyridine rings is 1. The van der Waals surface area contributed by atoms with Crippen molar-refractivity contribution >= 4 is 12.2 Å². The highest BCUT2D eigenvalue weighted by Crippen LogP contribution is 2.32. The molecule has 2 aliphatic carbocycles. The lowest BCUT2D eigenvalue weighted by atomic mass is 9.91. The molecule has 3 aliphatic rings. The second-order valence-corrected chi connectivity index (χ2v) is 8.51. The van der Waals surface area contributed by atoms with E-state index in [1.54, 1.807) is 0 Å². The summed E-state index contributed by atoms with van der Waals surface area (Å²) in [6.45, 7) is 3.10. The van der Waals surface area contributed by atoms with Gasteiger partial charge < -0.3 is 9.88 Å². The molecular weight excluding hydrogens is 346 g/mol. The van der Waals surface area contributed by atoms with E-state index in [2.05, 4.69) is 46.1 Å². The van der Waals surface area contributed by atoms with E-state index in [4.69, 9.17) is 9.97 Å². The SMILES string of the molecule is CN(Cc1nc2c(n1C1CCNCC1)=CCCC=2)C1CCCc2cccnc21. The van der Waals surface area contributed by atoms with Gasteiger partial charge in [0.15, 0.2) is 0 Å². The van der Waals surface area contributed by atoms with Gasteiger partial charge in [-0.15, -0.1) is 0 Å². The zero-order valence-corrected chi connectivity index (χ0v) is 16.9. The van der Waals surface area contributed by atoms with Gasteiger partial charge in [-0.1, -0.05) is 18.2 Å². The van der Waals surface area contributed by atoms with Crippen LogP contribution in [0.25, 0.3) is 12.2 Å². The van der Waals surface area contributed by atoms with Crippen molar-refractivity contribution in [2.45, 2.75) is 63.6 Å². The van der Waals surface area contributed by atoms with Crippen molar-refractivity contribution < 1.29 is 0 Å². The number of hydrogen-bond donors (Lipinski definition) is 1. The van der Waals surface area contributed by atoms with Crippen molar-refractivity contribution in [2.75, 3.05) is 20.1 Å². The summed E-state index contributed by atoms with van der Waals surface area (Å²) in [5, 5.41) is 6.08. The number of nitrogens with one attached hydrogen (secondary N) is 1. The normalized spacial score (nSPS) is 22.3. The van der Waals surface area contributed by atoms with Crippen LogP contribution in [0.3, 0.4) is 0 Å². The van der Waals surface area contributed by atoms with Gasteiger partial charge in [-0.2, -0.15) is 0 Å². The van der Waals surface area contributed by atoms with Gasteiger partial charge in [0.1, 0.15) is 5.82 Å². The molecule has 0 aromatic carbocycles. The van der Waals surface area contributed by atoms with Gasteiger partial charge in [-0.25, -0.2) is 4.98 Å². The number of piperidine rings is 1. The minimum Gasteiger partial charge on any atom is -0.324 e. The van der Waals surface area contributed by atoms with Crippen LogP contribution in [-0.2, 0) is 13.0 Å². The predicted octanol–water partition coefficient (Wildman–Crippen LogP) is 2.07. The van der Waals surface area contributed by atoms with Gasteiger partial charge in [0.2, 0.25) is 0 Å². The lowest BCUT2D eigenvalue weighted by molar-refractivity contribution is 0.197. The minimum atomic E-state index is 0.396. The van der Waals surface area contributed by atoms with E-state index in [-0.39, 0.29) is 0 Å². The lowest BCUT2D eigenvalue weighted by Gasteiger charge is -2.33. The van der Waals surface area contributed by atoms with Crippen LogP contribution < -0.4 is 16.0 Å². The summed E-state index contributed by atoms with van der Waals surface area (Å²) in [6, 6.07) is 5.29. The molecule has 148 valence electrons. The standard InChI is InChI=1S/C23H31N5/c1-27(21-10-4-6-17-7-5-13-25-23(17)21)16-22-26-19-8-2-3-9-20(19)28(22)18-11-14-24-15-12-18/h5,7-9,13,18,21,24H,2-4,6,10-12,14-16H2,1H3. The summed E-state index contributed by atoms with van der Waals surface area (Å²) in [4.78, 5) is 12.3. The van der Waals surface area contributed by atoms with Gasteiger partial charge in [-0.05, 0) is 76.7 Å². The fraction of sp³-hybridized carbons (Fsp3) is 0.565. The second kappa shape index (κ2) is 7.80. The molecule has 0 radical (unpaired) electrons. The first-order chi connectivity index (χ1) is 13.8. The average Bonchev–Trinajstić information content (AvgIpc) is 3.11. The number of hydrogen-bond acceptors (Lipinski definition) is 4. The van der Waals surface area contributed by atoms with E-state index >= 15 is 0 Å². The van der Waals surface area contributed by atoms with Gasteiger partial charge in [0.05, 0.1) is 29.0 Å². The minimum absolute atomic E-state index is 0.396. The summed E-state index contributed by atoms with van der Waals surface area (Å²) >= 11 is 0. The first kappa shape index (κ1) is 18.1. The van der Waals surface area contributed by atoms with E-state index in [0.717, 1.165) is 38.9 Å². The van der Waals surface area contributed by atoms with Crippen molar-refractivity contribution in [3.8, 4) is 0 Å². The predicted molar refractivity (Wildman–Crippen MR) is 112 cm³/mol. The zero-order chi connectivity index (χ0) is 18.9. The molecule has 28 heavy (non-hydrogen) atoms. The van der Waals surface area contributed by atoms with E-state index in [0.29, 0.717) is 12.1 Å². The van der Waals surface area contributed by atoms with Crippen LogP contribution in [0.4, 0.5) is 0 Å².